The van der Waals surface area contributed by atoms with Crippen LogP contribution in [0.25, 0.3) is 0 Å². The molecule has 5 nitrogen and oxygen atoms in total. The van der Waals surface area contributed by atoms with E-state index >= 15 is 0 Å². The molecule has 1 aliphatic rings. The second-order valence-electron chi connectivity index (χ2n) is 5.49. The van der Waals surface area contributed by atoms with Gasteiger partial charge < -0.3 is 4.90 Å². The van der Waals surface area contributed by atoms with Gasteiger partial charge in [-0.25, -0.2) is 12.8 Å². The number of hydrogen-bond acceptors (Lipinski definition) is 3. The van der Waals surface area contributed by atoms with Crippen molar-refractivity contribution in [2.24, 2.45) is 0 Å². The molecule has 22 heavy (non-hydrogen) atoms. The number of benzene rings is 1. The van der Waals surface area contributed by atoms with Crippen molar-refractivity contribution in [2.75, 3.05) is 23.7 Å². The first-order valence-electron chi connectivity index (χ1n) is 7.38. The molecule has 0 aromatic heterocycles. The van der Waals surface area contributed by atoms with E-state index in [4.69, 9.17) is 0 Å². The number of sulfonamides is 1. The Morgan fingerprint density at radius 3 is 2.27 bits per heavy atom. The second-order valence-corrected chi connectivity index (χ2v) is 7.35. The lowest BCUT2D eigenvalue weighted by molar-refractivity contribution is -0.131. The summed E-state index contributed by atoms with van der Waals surface area (Å²) in [5.74, 6) is -0.633. The van der Waals surface area contributed by atoms with E-state index in [9.17, 15) is 17.6 Å². The topological polar surface area (TPSA) is 57.7 Å². The molecule has 1 atom stereocenters. The first-order valence-corrected chi connectivity index (χ1v) is 9.23. The third-order valence-corrected chi connectivity index (χ3v) is 4.99. The molecular formula is C15H21FN2O3S. The third kappa shape index (κ3) is 3.58. The standard InChI is InChI=1S/C15H21FN2O3S/c1-3-14(15(19)17-10-4-5-11-17)18(22(2,20)21)13-8-6-12(16)7-9-13/h6-9,14H,3-5,10-11H2,1-2H3/t14-/m1/s1. The predicted octanol–water partition coefficient (Wildman–Crippen LogP) is 1.99. The summed E-state index contributed by atoms with van der Waals surface area (Å²) >= 11 is 0. The number of halogens is 1. The van der Waals surface area contributed by atoms with Crippen LogP contribution in [0.5, 0.6) is 0 Å². The maximum Gasteiger partial charge on any atom is 0.246 e. The third-order valence-electron chi connectivity index (χ3n) is 3.81. The van der Waals surface area contributed by atoms with Gasteiger partial charge in [0.25, 0.3) is 0 Å². The first-order chi connectivity index (χ1) is 10.3. The van der Waals surface area contributed by atoms with Gasteiger partial charge in [0.05, 0.1) is 11.9 Å². The number of anilines is 1. The molecule has 0 aliphatic carbocycles. The molecular weight excluding hydrogens is 307 g/mol. The molecule has 2 rings (SSSR count). The lowest BCUT2D eigenvalue weighted by Gasteiger charge is -2.32. The highest BCUT2D eigenvalue weighted by molar-refractivity contribution is 7.92. The molecule has 122 valence electrons. The summed E-state index contributed by atoms with van der Waals surface area (Å²) < 4.78 is 38.6. The number of carbonyl (C=O) groups excluding carboxylic acids is 1. The van der Waals surface area contributed by atoms with Crippen molar-refractivity contribution in [1.82, 2.24) is 4.90 Å². The molecule has 0 unspecified atom stereocenters. The van der Waals surface area contributed by atoms with E-state index in [1.165, 1.54) is 24.3 Å². The minimum absolute atomic E-state index is 0.185. The number of carbonyl (C=O) groups is 1. The fourth-order valence-electron chi connectivity index (χ4n) is 2.78. The number of likely N-dealkylation sites (tertiary alicyclic amines) is 1. The number of rotatable bonds is 5. The van der Waals surface area contributed by atoms with E-state index in [1.54, 1.807) is 11.8 Å². The lowest BCUT2D eigenvalue weighted by atomic mass is 10.1. The van der Waals surface area contributed by atoms with E-state index in [0.29, 0.717) is 25.2 Å². The molecule has 1 aromatic carbocycles. The smallest absolute Gasteiger partial charge is 0.246 e. The molecule has 1 aliphatic heterocycles. The minimum Gasteiger partial charge on any atom is -0.341 e. The van der Waals surface area contributed by atoms with Crippen LogP contribution in [0.2, 0.25) is 0 Å². The van der Waals surface area contributed by atoms with Gasteiger partial charge in [-0.3, -0.25) is 9.10 Å². The zero-order valence-electron chi connectivity index (χ0n) is 12.8. The van der Waals surface area contributed by atoms with Gasteiger partial charge in [-0.15, -0.1) is 0 Å². The van der Waals surface area contributed by atoms with Crippen molar-refractivity contribution in [2.45, 2.75) is 32.2 Å². The van der Waals surface area contributed by atoms with Crippen LogP contribution in [0, 0.1) is 5.82 Å². The van der Waals surface area contributed by atoms with Gasteiger partial charge in [0, 0.05) is 13.1 Å². The second kappa shape index (κ2) is 6.64. The van der Waals surface area contributed by atoms with E-state index in [1.807, 2.05) is 0 Å². The molecule has 0 radical (unpaired) electrons. The largest absolute Gasteiger partial charge is 0.341 e. The van der Waals surface area contributed by atoms with Crippen LogP contribution in [0.3, 0.4) is 0 Å². The Labute approximate surface area is 130 Å². The van der Waals surface area contributed by atoms with Crippen LogP contribution in [-0.2, 0) is 14.8 Å². The molecule has 0 N–H and O–H groups in total. The van der Waals surface area contributed by atoms with Crippen LogP contribution in [0.15, 0.2) is 24.3 Å². The summed E-state index contributed by atoms with van der Waals surface area (Å²) in [6.07, 6.45) is 3.31. The van der Waals surface area contributed by atoms with Crippen molar-refractivity contribution < 1.29 is 17.6 Å². The summed E-state index contributed by atoms with van der Waals surface area (Å²) in [5.41, 5.74) is 0.309. The van der Waals surface area contributed by atoms with Crippen molar-refractivity contribution in [3.8, 4) is 0 Å². The molecule has 0 spiro atoms. The van der Waals surface area contributed by atoms with Gasteiger partial charge >= 0.3 is 0 Å². The van der Waals surface area contributed by atoms with Gasteiger partial charge in [0.1, 0.15) is 11.9 Å². The van der Waals surface area contributed by atoms with Gasteiger partial charge in [0.2, 0.25) is 15.9 Å². The molecule has 1 aromatic rings. The number of nitrogens with zero attached hydrogens (tertiary/aromatic N) is 2. The maximum absolute atomic E-state index is 13.1. The zero-order valence-corrected chi connectivity index (χ0v) is 13.6. The van der Waals surface area contributed by atoms with Crippen molar-refractivity contribution in [3.63, 3.8) is 0 Å². The summed E-state index contributed by atoms with van der Waals surface area (Å²) in [5, 5.41) is 0. The van der Waals surface area contributed by atoms with Crippen molar-refractivity contribution in [3.05, 3.63) is 30.1 Å². The SMILES string of the molecule is CC[C@H](C(=O)N1CCCC1)N(c1ccc(F)cc1)S(C)(=O)=O. The average Bonchev–Trinajstić information content (AvgIpc) is 2.98. The monoisotopic (exact) mass is 328 g/mol. The van der Waals surface area contributed by atoms with Crippen molar-refractivity contribution in [1.29, 1.82) is 0 Å². The maximum atomic E-state index is 13.1. The van der Waals surface area contributed by atoms with Crippen LogP contribution in [0.4, 0.5) is 10.1 Å². The predicted molar refractivity (Wildman–Crippen MR) is 83.6 cm³/mol. The summed E-state index contributed by atoms with van der Waals surface area (Å²) in [6, 6.07) is 4.37. The van der Waals surface area contributed by atoms with E-state index in [0.717, 1.165) is 23.4 Å². The lowest BCUT2D eigenvalue weighted by Crippen LogP contribution is -2.50. The number of hydrogen-bond donors (Lipinski definition) is 0. The van der Waals surface area contributed by atoms with Gasteiger partial charge in [-0.1, -0.05) is 6.92 Å². The summed E-state index contributed by atoms with van der Waals surface area (Å²) in [6.45, 7) is 3.10. The average molecular weight is 328 g/mol. The first kappa shape index (κ1) is 16.7. The van der Waals surface area contributed by atoms with Gasteiger partial charge in [-0.05, 0) is 43.5 Å². The molecule has 1 fully saturated rings. The van der Waals surface area contributed by atoms with E-state index < -0.39 is 21.9 Å². The molecule has 0 bridgehead atoms. The fourth-order valence-corrected chi connectivity index (χ4v) is 3.99. The Morgan fingerprint density at radius 1 is 1.27 bits per heavy atom. The Balaban J connectivity index is 2.38. The molecule has 1 saturated heterocycles. The molecule has 0 saturated carbocycles. The molecule has 1 heterocycles. The molecule has 7 heteroatoms. The quantitative estimate of drug-likeness (QED) is 0.830. The highest BCUT2D eigenvalue weighted by atomic mass is 32.2. The van der Waals surface area contributed by atoms with E-state index in [-0.39, 0.29) is 5.91 Å². The zero-order chi connectivity index (χ0) is 16.3. The van der Waals surface area contributed by atoms with Gasteiger partial charge in [0.15, 0.2) is 0 Å². The highest BCUT2D eigenvalue weighted by Gasteiger charge is 2.34. The molecule has 1 amide bonds. The summed E-state index contributed by atoms with van der Waals surface area (Å²) in [7, 11) is -3.65. The van der Waals surface area contributed by atoms with Crippen molar-refractivity contribution >= 4 is 21.6 Å². The minimum atomic E-state index is -3.65. The summed E-state index contributed by atoms with van der Waals surface area (Å²) in [4.78, 5) is 14.4. The van der Waals surface area contributed by atoms with E-state index in [2.05, 4.69) is 0 Å². The fraction of sp³-hybridized carbons (Fsp3) is 0.533. The van der Waals surface area contributed by atoms with Gasteiger partial charge in [-0.2, -0.15) is 0 Å². The van der Waals surface area contributed by atoms with Crippen LogP contribution < -0.4 is 4.31 Å². The van der Waals surface area contributed by atoms with Crippen LogP contribution in [-0.4, -0.2) is 44.6 Å². The Hall–Kier alpha value is -1.63. The Bertz CT molecular complexity index is 625. The normalized spacial score (nSPS) is 16.6. The Kier molecular flexibility index (Phi) is 5.05. The van der Waals surface area contributed by atoms with Crippen LogP contribution in [0.1, 0.15) is 26.2 Å². The Morgan fingerprint density at radius 2 is 1.82 bits per heavy atom. The highest BCUT2D eigenvalue weighted by Crippen LogP contribution is 2.24. The number of amides is 1. The van der Waals surface area contributed by atoms with Crippen LogP contribution >= 0.6 is 0 Å².